The second kappa shape index (κ2) is 6.78. The molecule has 2 N–H and O–H groups in total. The summed E-state index contributed by atoms with van der Waals surface area (Å²) in [7, 11) is 1.44. The third kappa shape index (κ3) is 3.33. The number of aromatic nitrogens is 2. The van der Waals surface area contributed by atoms with Gasteiger partial charge in [-0.15, -0.1) is 0 Å². The summed E-state index contributed by atoms with van der Waals surface area (Å²) in [6, 6.07) is 16.2. The van der Waals surface area contributed by atoms with E-state index in [1.54, 1.807) is 24.4 Å². The van der Waals surface area contributed by atoms with Crippen LogP contribution in [0.25, 0.3) is 11.3 Å². The number of carbonyl (C=O) groups is 1. The van der Waals surface area contributed by atoms with Gasteiger partial charge in [-0.05, 0) is 36.4 Å². The number of methoxy groups -OCH3 is 1. The van der Waals surface area contributed by atoms with E-state index >= 15 is 0 Å². The number of nitrogens with zero attached hydrogens (tertiary/aromatic N) is 2. The molecule has 6 nitrogen and oxygen atoms in total. The number of carboxylic acid groups (broad SMARTS) is 1. The van der Waals surface area contributed by atoms with Gasteiger partial charge in [0.1, 0.15) is 11.3 Å². The van der Waals surface area contributed by atoms with Crippen LogP contribution in [0, 0.1) is 0 Å². The average molecular weight is 321 g/mol. The number of para-hydroxylation sites is 1. The topological polar surface area (TPSA) is 84.3 Å². The number of aromatic carboxylic acids is 1. The molecule has 0 saturated heterocycles. The molecule has 6 heteroatoms. The maximum atomic E-state index is 11.3. The van der Waals surface area contributed by atoms with Crippen molar-refractivity contribution in [2.24, 2.45) is 0 Å². The van der Waals surface area contributed by atoms with E-state index in [2.05, 4.69) is 15.3 Å². The lowest BCUT2D eigenvalue weighted by molar-refractivity contribution is 0.0693. The fraction of sp³-hybridized carbons (Fsp3) is 0.0556. The molecule has 3 rings (SSSR count). The van der Waals surface area contributed by atoms with E-state index in [-0.39, 0.29) is 5.56 Å². The molecular weight excluding hydrogens is 306 g/mol. The molecule has 3 aromatic rings. The van der Waals surface area contributed by atoms with Crippen LogP contribution >= 0.6 is 0 Å². The normalized spacial score (nSPS) is 10.2. The van der Waals surface area contributed by atoms with Crippen molar-refractivity contribution in [1.29, 1.82) is 0 Å². The summed E-state index contributed by atoms with van der Waals surface area (Å²) in [5, 5.41) is 12.4. The highest BCUT2D eigenvalue weighted by Crippen LogP contribution is 2.26. The minimum atomic E-state index is -1.05. The molecular formula is C18H15N3O3. The van der Waals surface area contributed by atoms with E-state index in [1.807, 2.05) is 30.3 Å². The van der Waals surface area contributed by atoms with Crippen molar-refractivity contribution in [2.45, 2.75) is 0 Å². The Balaban J connectivity index is 1.94. The lowest BCUT2D eigenvalue weighted by Crippen LogP contribution is -2.02. The summed E-state index contributed by atoms with van der Waals surface area (Å²) < 4.78 is 5.07. The molecule has 120 valence electrons. The zero-order valence-electron chi connectivity index (χ0n) is 12.9. The highest BCUT2D eigenvalue weighted by molar-refractivity contribution is 5.92. The van der Waals surface area contributed by atoms with Crippen LogP contribution in [0.2, 0.25) is 0 Å². The Labute approximate surface area is 138 Å². The number of anilines is 2. The van der Waals surface area contributed by atoms with Crippen LogP contribution in [-0.4, -0.2) is 28.2 Å². The molecule has 0 radical (unpaired) electrons. The van der Waals surface area contributed by atoms with Gasteiger partial charge in [0, 0.05) is 17.4 Å². The molecule has 0 bridgehead atoms. The number of rotatable bonds is 5. The quantitative estimate of drug-likeness (QED) is 0.747. The zero-order chi connectivity index (χ0) is 16.9. The molecule has 0 saturated carbocycles. The average Bonchev–Trinajstić information content (AvgIpc) is 2.62. The number of benzene rings is 2. The largest absolute Gasteiger partial charge is 0.496 e. The lowest BCUT2D eigenvalue weighted by atomic mass is 10.1. The van der Waals surface area contributed by atoms with Crippen molar-refractivity contribution in [3.8, 4) is 17.0 Å². The Bertz CT molecular complexity index is 866. The molecule has 0 atom stereocenters. The predicted octanol–water partition coefficient (Wildman–Crippen LogP) is 3.59. The molecule has 0 aliphatic rings. The standard InChI is InChI=1S/C18H15N3O3/c1-24-16-8-7-12(11-14(16)17(22)23)15-9-10-19-18(21-15)20-13-5-3-2-4-6-13/h2-11H,1H3,(H,22,23)(H,19,20,21). The van der Waals surface area contributed by atoms with E-state index in [0.29, 0.717) is 23.0 Å². The summed E-state index contributed by atoms with van der Waals surface area (Å²) in [6.45, 7) is 0. The number of nitrogens with one attached hydrogen (secondary N) is 1. The lowest BCUT2D eigenvalue weighted by Gasteiger charge is -2.09. The van der Waals surface area contributed by atoms with E-state index in [1.165, 1.54) is 13.2 Å². The van der Waals surface area contributed by atoms with Crippen molar-refractivity contribution in [2.75, 3.05) is 12.4 Å². The molecule has 1 aromatic heterocycles. The second-order valence-electron chi connectivity index (χ2n) is 4.98. The first-order chi connectivity index (χ1) is 11.7. The highest BCUT2D eigenvalue weighted by atomic mass is 16.5. The Kier molecular flexibility index (Phi) is 4.38. The van der Waals surface area contributed by atoms with Crippen molar-refractivity contribution in [3.63, 3.8) is 0 Å². The van der Waals surface area contributed by atoms with Crippen LogP contribution in [0.4, 0.5) is 11.6 Å². The van der Waals surface area contributed by atoms with Crippen LogP contribution in [-0.2, 0) is 0 Å². The van der Waals surface area contributed by atoms with Gasteiger partial charge in [-0.25, -0.2) is 14.8 Å². The van der Waals surface area contributed by atoms with Crippen molar-refractivity contribution in [3.05, 3.63) is 66.4 Å². The van der Waals surface area contributed by atoms with Gasteiger partial charge in [-0.1, -0.05) is 18.2 Å². The first-order valence-electron chi connectivity index (χ1n) is 7.24. The van der Waals surface area contributed by atoms with Crippen LogP contribution in [0.5, 0.6) is 5.75 Å². The van der Waals surface area contributed by atoms with Gasteiger partial charge in [0.2, 0.25) is 5.95 Å². The fourth-order valence-corrected chi connectivity index (χ4v) is 2.26. The van der Waals surface area contributed by atoms with Crippen molar-refractivity contribution >= 4 is 17.6 Å². The monoisotopic (exact) mass is 321 g/mol. The van der Waals surface area contributed by atoms with Crippen LogP contribution < -0.4 is 10.1 Å². The number of hydrogen-bond acceptors (Lipinski definition) is 5. The molecule has 0 aliphatic heterocycles. The summed E-state index contributed by atoms with van der Waals surface area (Å²) in [4.78, 5) is 20.0. The Morgan fingerprint density at radius 1 is 1.12 bits per heavy atom. The zero-order valence-corrected chi connectivity index (χ0v) is 12.9. The highest BCUT2D eigenvalue weighted by Gasteiger charge is 2.13. The Morgan fingerprint density at radius 3 is 2.62 bits per heavy atom. The van der Waals surface area contributed by atoms with Gasteiger partial charge >= 0.3 is 5.97 Å². The third-order valence-electron chi connectivity index (χ3n) is 3.41. The number of ether oxygens (including phenoxy) is 1. The second-order valence-corrected chi connectivity index (χ2v) is 4.98. The molecule has 1 heterocycles. The minimum absolute atomic E-state index is 0.0891. The van der Waals surface area contributed by atoms with E-state index in [4.69, 9.17) is 4.74 Å². The first kappa shape index (κ1) is 15.5. The van der Waals surface area contributed by atoms with Crippen molar-refractivity contribution < 1.29 is 14.6 Å². The number of carboxylic acids is 1. The number of hydrogen-bond donors (Lipinski definition) is 2. The third-order valence-corrected chi connectivity index (χ3v) is 3.41. The van der Waals surface area contributed by atoms with Gasteiger partial charge in [0.15, 0.2) is 0 Å². The molecule has 0 unspecified atom stereocenters. The molecule has 2 aromatic carbocycles. The molecule has 24 heavy (non-hydrogen) atoms. The van der Waals surface area contributed by atoms with Gasteiger partial charge < -0.3 is 15.2 Å². The molecule has 0 aliphatic carbocycles. The molecule has 0 spiro atoms. The van der Waals surface area contributed by atoms with Crippen LogP contribution in [0.1, 0.15) is 10.4 Å². The molecule has 0 amide bonds. The van der Waals surface area contributed by atoms with Gasteiger partial charge in [-0.2, -0.15) is 0 Å². The smallest absolute Gasteiger partial charge is 0.339 e. The van der Waals surface area contributed by atoms with Crippen molar-refractivity contribution in [1.82, 2.24) is 9.97 Å². The minimum Gasteiger partial charge on any atom is -0.496 e. The summed E-state index contributed by atoms with van der Waals surface area (Å²) in [6.07, 6.45) is 1.62. The predicted molar refractivity (Wildman–Crippen MR) is 90.7 cm³/mol. The molecule has 0 fully saturated rings. The van der Waals surface area contributed by atoms with Gasteiger partial charge in [0.25, 0.3) is 0 Å². The summed E-state index contributed by atoms with van der Waals surface area (Å²) in [5.41, 5.74) is 2.25. The van der Waals surface area contributed by atoms with Gasteiger partial charge in [0.05, 0.1) is 12.8 Å². The summed E-state index contributed by atoms with van der Waals surface area (Å²) >= 11 is 0. The SMILES string of the molecule is COc1ccc(-c2ccnc(Nc3ccccc3)n2)cc1C(=O)O. The van der Waals surface area contributed by atoms with E-state index < -0.39 is 5.97 Å². The van der Waals surface area contributed by atoms with Gasteiger partial charge in [-0.3, -0.25) is 0 Å². The first-order valence-corrected chi connectivity index (χ1v) is 7.24. The maximum absolute atomic E-state index is 11.3. The maximum Gasteiger partial charge on any atom is 0.339 e. The Hall–Kier alpha value is -3.41. The fourth-order valence-electron chi connectivity index (χ4n) is 2.26. The Morgan fingerprint density at radius 2 is 1.92 bits per heavy atom. The van der Waals surface area contributed by atoms with E-state index in [9.17, 15) is 9.90 Å². The van der Waals surface area contributed by atoms with Crippen LogP contribution in [0.15, 0.2) is 60.8 Å². The van der Waals surface area contributed by atoms with E-state index in [0.717, 1.165) is 5.69 Å². The summed E-state index contributed by atoms with van der Waals surface area (Å²) in [5.74, 6) is -0.306. The van der Waals surface area contributed by atoms with Crippen LogP contribution in [0.3, 0.4) is 0 Å².